The van der Waals surface area contributed by atoms with E-state index in [0.29, 0.717) is 22.2 Å². The molecule has 2 N–H and O–H groups in total. The van der Waals surface area contributed by atoms with Crippen LogP contribution in [0.25, 0.3) is 21.9 Å². The number of halogens is 1. The Balaban J connectivity index is 1.78. The molecule has 0 aliphatic heterocycles. The van der Waals surface area contributed by atoms with Gasteiger partial charge in [-0.25, -0.2) is 9.18 Å². The van der Waals surface area contributed by atoms with Crippen LogP contribution in [0.1, 0.15) is 53.2 Å². The number of benzene rings is 3. The number of hydrogen-bond donors (Lipinski definition) is 2. The SMILES string of the molecule is Cc1cc2[nH]cc(C(C)n3c(=O)n([C@H](CC(=O)O)c4ccc(F)cc4)c4cc(C#N)ccc43)c2cc1C. The van der Waals surface area contributed by atoms with Gasteiger partial charge in [0.05, 0.1) is 41.2 Å². The molecule has 1 unspecified atom stereocenters. The normalized spacial score (nSPS) is 13.1. The fraction of sp³-hybridized carbons (Fsp3) is 0.207. The number of nitrogens with zero attached hydrogens (tertiary/aromatic N) is 3. The molecule has 0 aliphatic carbocycles. The largest absolute Gasteiger partial charge is 0.481 e. The molecule has 8 heteroatoms. The van der Waals surface area contributed by atoms with Crippen molar-refractivity contribution in [3.8, 4) is 6.07 Å². The zero-order chi connectivity index (χ0) is 26.4. The molecule has 7 nitrogen and oxygen atoms in total. The average Bonchev–Trinajstić information content (AvgIpc) is 3.40. The Bertz CT molecular complexity index is 1770. The first-order valence-electron chi connectivity index (χ1n) is 11.9. The van der Waals surface area contributed by atoms with Gasteiger partial charge in [-0.05, 0) is 79.9 Å². The van der Waals surface area contributed by atoms with E-state index in [0.717, 1.165) is 27.6 Å². The van der Waals surface area contributed by atoms with Crippen molar-refractivity contribution in [1.29, 1.82) is 5.26 Å². The molecule has 2 atom stereocenters. The van der Waals surface area contributed by atoms with Crippen molar-refractivity contribution in [3.05, 3.63) is 105 Å². The Morgan fingerprint density at radius 3 is 2.43 bits per heavy atom. The molecular formula is C29H25FN4O3. The van der Waals surface area contributed by atoms with Gasteiger partial charge in [-0.15, -0.1) is 0 Å². The van der Waals surface area contributed by atoms with Crippen molar-refractivity contribution >= 4 is 27.9 Å². The predicted octanol–water partition coefficient (Wildman–Crippen LogP) is 5.59. The van der Waals surface area contributed by atoms with Crippen LogP contribution >= 0.6 is 0 Å². The zero-order valence-electron chi connectivity index (χ0n) is 20.6. The van der Waals surface area contributed by atoms with E-state index in [9.17, 15) is 24.3 Å². The van der Waals surface area contributed by atoms with Gasteiger partial charge in [-0.2, -0.15) is 5.26 Å². The predicted molar refractivity (Wildman–Crippen MR) is 139 cm³/mol. The number of imidazole rings is 1. The Hall–Kier alpha value is -4.64. The standard InChI is InChI=1S/C29H25FN4O3/c1-16-10-22-23(15-32-24(22)11-17(16)2)18(3)33-25-9-4-19(14-31)12-27(25)34(29(33)37)26(13-28(35)36)20-5-7-21(30)8-6-20/h4-12,15,18,26,32H,13H2,1-3H3,(H,35,36)/t18?,26-/m1/s1. The van der Waals surface area contributed by atoms with Gasteiger partial charge in [0.15, 0.2) is 0 Å². The van der Waals surface area contributed by atoms with Gasteiger partial charge in [0, 0.05) is 22.7 Å². The van der Waals surface area contributed by atoms with Gasteiger partial charge in [-0.1, -0.05) is 12.1 Å². The lowest BCUT2D eigenvalue weighted by atomic mass is 10.0. The Kier molecular flexibility index (Phi) is 5.92. The number of carboxylic acids is 1. The first-order valence-corrected chi connectivity index (χ1v) is 11.9. The van der Waals surface area contributed by atoms with Crippen LogP contribution in [0.3, 0.4) is 0 Å². The van der Waals surface area contributed by atoms with Gasteiger partial charge in [0.1, 0.15) is 5.82 Å². The molecule has 0 bridgehead atoms. The average molecular weight is 497 g/mol. The third-order valence-electron chi connectivity index (χ3n) is 7.14. The smallest absolute Gasteiger partial charge is 0.330 e. The number of nitriles is 1. The number of aromatic nitrogens is 3. The minimum Gasteiger partial charge on any atom is -0.481 e. The summed E-state index contributed by atoms with van der Waals surface area (Å²) in [5, 5.41) is 20.2. The minimum atomic E-state index is -1.10. The van der Waals surface area contributed by atoms with Gasteiger partial charge in [0.2, 0.25) is 0 Å². The van der Waals surface area contributed by atoms with Crippen molar-refractivity contribution in [2.45, 2.75) is 39.3 Å². The molecule has 0 saturated heterocycles. The Labute approximate surface area is 212 Å². The number of H-pyrrole nitrogens is 1. The number of aliphatic carboxylic acids is 1. The molecule has 3 aromatic carbocycles. The first-order chi connectivity index (χ1) is 17.7. The summed E-state index contributed by atoms with van der Waals surface area (Å²) in [5.74, 6) is -1.56. The van der Waals surface area contributed by atoms with Crippen LogP contribution in [0.5, 0.6) is 0 Å². The summed E-state index contributed by atoms with van der Waals surface area (Å²) >= 11 is 0. The van der Waals surface area contributed by atoms with E-state index in [4.69, 9.17) is 0 Å². The molecule has 2 aromatic heterocycles. The second kappa shape index (κ2) is 9.10. The maximum atomic E-state index is 14.1. The number of nitrogens with one attached hydrogen (secondary N) is 1. The summed E-state index contributed by atoms with van der Waals surface area (Å²) in [5.41, 5.74) is 5.60. The molecule has 0 spiro atoms. The van der Waals surface area contributed by atoms with Gasteiger partial charge in [0.25, 0.3) is 0 Å². The van der Waals surface area contributed by atoms with Crippen molar-refractivity contribution < 1.29 is 14.3 Å². The van der Waals surface area contributed by atoms with Gasteiger partial charge >= 0.3 is 11.7 Å². The van der Waals surface area contributed by atoms with Crippen molar-refractivity contribution in [3.63, 3.8) is 0 Å². The van der Waals surface area contributed by atoms with Gasteiger partial charge < -0.3 is 10.1 Å². The lowest BCUT2D eigenvalue weighted by Crippen LogP contribution is -2.31. The topological polar surface area (TPSA) is 104 Å². The molecule has 186 valence electrons. The van der Waals surface area contributed by atoms with E-state index in [1.165, 1.54) is 28.8 Å². The van der Waals surface area contributed by atoms with Crippen LogP contribution < -0.4 is 5.69 Å². The first kappa shape index (κ1) is 24.1. The Morgan fingerprint density at radius 2 is 1.76 bits per heavy atom. The highest BCUT2D eigenvalue weighted by Gasteiger charge is 2.27. The molecule has 0 amide bonds. The second-order valence-electron chi connectivity index (χ2n) is 9.41. The lowest BCUT2D eigenvalue weighted by molar-refractivity contribution is -0.137. The second-order valence-corrected chi connectivity index (χ2v) is 9.41. The molecule has 5 rings (SSSR count). The van der Waals surface area contributed by atoms with E-state index in [1.54, 1.807) is 22.8 Å². The minimum absolute atomic E-state index is 0.345. The third kappa shape index (κ3) is 4.08. The van der Waals surface area contributed by atoms with Gasteiger partial charge in [-0.3, -0.25) is 13.9 Å². The monoisotopic (exact) mass is 496 g/mol. The molecule has 37 heavy (non-hydrogen) atoms. The molecular weight excluding hydrogens is 471 g/mol. The van der Waals surface area contributed by atoms with Crippen LogP contribution in [0.2, 0.25) is 0 Å². The highest BCUT2D eigenvalue weighted by atomic mass is 19.1. The van der Waals surface area contributed by atoms with E-state index in [2.05, 4.69) is 23.2 Å². The summed E-state index contributed by atoms with van der Waals surface area (Å²) in [6, 6.07) is 15.4. The van der Waals surface area contributed by atoms with E-state index in [1.807, 2.05) is 27.0 Å². The van der Waals surface area contributed by atoms with Crippen molar-refractivity contribution in [2.75, 3.05) is 0 Å². The third-order valence-corrected chi connectivity index (χ3v) is 7.14. The van der Waals surface area contributed by atoms with Crippen LogP contribution in [0, 0.1) is 31.0 Å². The molecule has 0 aliphatic rings. The maximum Gasteiger partial charge on any atom is 0.330 e. The quantitative estimate of drug-likeness (QED) is 0.320. The highest BCUT2D eigenvalue weighted by Crippen LogP contribution is 2.33. The summed E-state index contributed by atoms with van der Waals surface area (Å²) < 4.78 is 16.7. The fourth-order valence-electron chi connectivity index (χ4n) is 5.09. The van der Waals surface area contributed by atoms with E-state index in [-0.39, 0.29) is 6.42 Å². The number of hydrogen-bond acceptors (Lipinski definition) is 3. The van der Waals surface area contributed by atoms with Crippen LogP contribution in [-0.2, 0) is 4.79 Å². The highest BCUT2D eigenvalue weighted by molar-refractivity contribution is 5.86. The summed E-state index contributed by atoms with van der Waals surface area (Å²) in [6.07, 6.45) is 1.50. The van der Waals surface area contributed by atoms with Crippen molar-refractivity contribution in [1.82, 2.24) is 14.1 Å². The van der Waals surface area contributed by atoms with E-state index < -0.39 is 29.6 Å². The molecule has 0 radical (unpaired) electrons. The van der Waals surface area contributed by atoms with Crippen LogP contribution in [-0.4, -0.2) is 25.2 Å². The number of aryl methyl sites for hydroxylation is 2. The number of aromatic amines is 1. The van der Waals surface area contributed by atoms with Crippen LogP contribution in [0.4, 0.5) is 4.39 Å². The summed E-state index contributed by atoms with van der Waals surface area (Å²) in [7, 11) is 0. The molecule has 0 saturated carbocycles. The summed E-state index contributed by atoms with van der Waals surface area (Å²) in [6.45, 7) is 6.00. The zero-order valence-corrected chi connectivity index (χ0v) is 20.6. The van der Waals surface area contributed by atoms with Crippen molar-refractivity contribution in [2.24, 2.45) is 0 Å². The number of fused-ring (bicyclic) bond motifs is 2. The Morgan fingerprint density at radius 1 is 1.05 bits per heavy atom. The van der Waals surface area contributed by atoms with Crippen LogP contribution in [0.15, 0.2) is 65.6 Å². The molecule has 0 fully saturated rings. The fourth-order valence-corrected chi connectivity index (χ4v) is 5.09. The lowest BCUT2D eigenvalue weighted by Gasteiger charge is -2.18. The number of carbonyl (C=O) groups is 1. The maximum absolute atomic E-state index is 14.1. The number of rotatable bonds is 6. The summed E-state index contributed by atoms with van der Waals surface area (Å²) in [4.78, 5) is 29.3. The molecule has 2 heterocycles. The van der Waals surface area contributed by atoms with E-state index >= 15 is 0 Å². The molecule has 5 aromatic rings. The number of carboxylic acid groups (broad SMARTS) is 1.